The fourth-order valence-electron chi connectivity index (χ4n) is 2.86. The van der Waals surface area contributed by atoms with E-state index in [1.807, 2.05) is 37.3 Å². The number of benzene rings is 2. The Labute approximate surface area is 159 Å². The summed E-state index contributed by atoms with van der Waals surface area (Å²) in [6, 6.07) is 16.6. The van der Waals surface area contributed by atoms with Crippen molar-refractivity contribution in [1.82, 2.24) is 14.9 Å². The molecule has 0 radical (unpaired) electrons. The highest BCUT2D eigenvalue weighted by molar-refractivity contribution is 8.00. The number of carbonyl (C=O) groups is 1. The summed E-state index contributed by atoms with van der Waals surface area (Å²) in [7, 11) is 0. The van der Waals surface area contributed by atoms with Crippen molar-refractivity contribution in [3.05, 3.63) is 59.7 Å². The van der Waals surface area contributed by atoms with Crippen LogP contribution in [0.25, 0.3) is 11.0 Å². The van der Waals surface area contributed by atoms with Crippen LogP contribution in [0.3, 0.4) is 0 Å². The molecule has 0 aliphatic carbocycles. The number of rotatable bonds is 6. The first-order chi connectivity index (χ1) is 12.5. The van der Waals surface area contributed by atoms with Crippen LogP contribution in [-0.2, 0) is 11.3 Å². The van der Waals surface area contributed by atoms with Gasteiger partial charge in [0, 0.05) is 12.6 Å². The molecular weight excluding hydrogens is 342 g/mol. The Balaban J connectivity index is 1.70. The van der Waals surface area contributed by atoms with Gasteiger partial charge in [0.2, 0.25) is 5.91 Å². The first-order valence-electron chi connectivity index (χ1n) is 8.92. The molecule has 1 N–H and O–H groups in total. The molecule has 1 unspecified atom stereocenters. The van der Waals surface area contributed by atoms with E-state index >= 15 is 0 Å². The lowest BCUT2D eigenvalue weighted by atomic mass is 10.1. The normalized spacial score (nSPS) is 12.5. The lowest BCUT2D eigenvalue weighted by Gasteiger charge is -2.15. The summed E-state index contributed by atoms with van der Waals surface area (Å²) >= 11 is 1.51. The van der Waals surface area contributed by atoms with Crippen molar-refractivity contribution in [3.63, 3.8) is 0 Å². The first kappa shape index (κ1) is 18.5. The minimum atomic E-state index is -0.213. The zero-order valence-corrected chi connectivity index (χ0v) is 16.5. The van der Waals surface area contributed by atoms with Crippen LogP contribution in [0.4, 0.5) is 0 Å². The molecule has 1 aromatic heterocycles. The van der Waals surface area contributed by atoms with Crippen molar-refractivity contribution < 1.29 is 4.79 Å². The highest BCUT2D eigenvalue weighted by Crippen LogP contribution is 2.30. The van der Waals surface area contributed by atoms with E-state index in [0.717, 1.165) is 21.8 Å². The molecule has 0 aliphatic rings. The van der Waals surface area contributed by atoms with Gasteiger partial charge in [-0.2, -0.15) is 0 Å². The molecule has 1 heterocycles. The maximum absolute atomic E-state index is 12.5. The van der Waals surface area contributed by atoms with E-state index < -0.39 is 0 Å². The van der Waals surface area contributed by atoms with Crippen LogP contribution in [0.15, 0.2) is 53.7 Å². The number of nitrogens with zero attached hydrogens (tertiary/aromatic N) is 2. The average molecular weight is 368 g/mol. The van der Waals surface area contributed by atoms with Crippen LogP contribution in [-0.4, -0.2) is 20.7 Å². The summed E-state index contributed by atoms with van der Waals surface area (Å²) in [6.45, 7) is 8.81. The van der Waals surface area contributed by atoms with E-state index in [-0.39, 0.29) is 17.2 Å². The van der Waals surface area contributed by atoms with Gasteiger partial charge in [-0.15, -0.1) is 0 Å². The van der Waals surface area contributed by atoms with Gasteiger partial charge in [0.05, 0.1) is 16.3 Å². The number of imidazole rings is 1. The monoisotopic (exact) mass is 367 g/mol. The van der Waals surface area contributed by atoms with E-state index in [1.165, 1.54) is 17.3 Å². The van der Waals surface area contributed by atoms with Crippen LogP contribution in [0.1, 0.15) is 37.9 Å². The molecule has 0 spiro atoms. The molecule has 3 aromatic rings. The zero-order chi connectivity index (χ0) is 18.7. The Kier molecular flexibility index (Phi) is 5.67. The predicted octanol–water partition coefficient (Wildman–Crippen LogP) is 4.72. The number of para-hydroxylation sites is 2. The largest absolute Gasteiger partial charge is 0.351 e. The van der Waals surface area contributed by atoms with E-state index in [4.69, 9.17) is 4.98 Å². The molecule has 4 nitrogen and oxygen atoms in total. The zero-order valence-electron chi connectivity index (χ0n) is 15.7. The van der Waals surface area contributed by atoms with Gasteiger partial charge in [-0.3, -0.25) is 4.79 Å². The Bertz CT molecular complexity index is 899. The molecule has 136 valence electrons. The summed E-state index contributed by atoms with van der Waals surface area (Å²) in [4.78, 5) is 17.2. The molecule has 5 heteroatoms. The smallest absolute Gasteiger partial charge is 0.233 e. The number of aryl methyl sites for hydroxylation is 1. The maximum Gasteiger partial charge on any atom is 0.233 e. The Hall–Kier alpha value is -2.27. The van der Waals surface area contributed by atoms with Gasteiger partial charge in [0.25, 0.3) is 0 Å². The first-order valence-corrected chi connectivity index (χ1v) is 9.80. The van der Waals surface area contributed by atoms with Crippen LogP contribution in [0, 0.1) is 6.92 Å². The number of amides is 1. The van der Waals surface area contributed by atoms with Crippen molar-refractivity contribution >= 4 is 28.7 Å². The van der Waals surface area contributed by atoms with E-state index in [1.54, 1.807) is 0 Å². The fourth-order valence-corrected chi connectivity index (χ4v) is 3.94. The van der Waals surface area contributed by atoms with Crippen LogP contribution in [0.5, 0.6) is 0 Å². The van der Waals surface area contributed by atoms with E-state index in [0.29, 0.717) is 6.54 Å². The minimum Gasteiger partial charge on any atom is -0.351 e. The van der Waals surface area contributed by atoms with Gasteiger partial charge in [0.15, 0.2) is 5.16 Å². The highest BCUT2D eigenvalue weighted by atomic mass is 32.2. The number of aromatic nitrogens is 2. The third-order valence-electron chi connectivity index (χ3n) is 4.32. The fraction of sp³-hybridized carbons (Fsp3) is 0.333. The second-order valence-corrected chi connectivity index (χ2v) is 8.12. The van der Waals surface area contributed by atoms with Gasteiger partial charge >= 0.3 is 0 Å². The average Bonchev–Trinajstić information content (AvgIpc) is 2.98. The summed E-state index contributed by atoms with van der Waals surface area (Å²) in [5, 5.41) is 3.70. The second kappa shape index (κ2) is 7.96. The molecule has 1 atom stereocenters. The predicted molar refractivity (Wildman–Crippen MR) is 108 cm³/mol. The maximum atomic E-state index is 12.5. The van der Waals surface area contributed by atoms with E-state index in [2.05, 4.69) is 48.9 Å². The second-order valence-electron chi connectivity index (χ2n) is 6.81. The van der Waals surface area contributed by atoms with Crippen LogP contribution >= 0.6 is 11.8 Å². The van der Waals surface area contributed by atoms with Gasteiger partial charge in [-0.05, 0) is 45.4 Å². The summed E-state index contributed by atoms with van der Waals surface area (Å²) in [5.74, 6) is 0.0259. The Morgan fingerprint density at radius 3 is 2.50 bits per heavy atom. The van der Waals surface area contributed by atoms with Crippen molar-refractivity contribution in [2.45, 2.75) is 50.7 Å². The topological polar surface area (TPSA) is 46.9 Å². The van der Waals surface area contributed by atoms with Gasteiger partial charge in [0.1, 0.15) is 0 Å². The third kappa shape index (κ3) is 4.10. The van der Waals surface area contributed by atoms with Gasteiger partial charge in [-0.1, -0.05) is 53.7 Å². The summed E-state index contributed by atoms with van der Waals surface area (Å²) < 4.78 is 2.20. The number of carbonyl (C=O) groups excluding carboxylic acids is 1. The van der Waals surface area contributed by atoms with Crippen LogP contribution in [0.2, 0.25) is 0 Å². The number of hydrogen-bond acceptors (Lipinski definition) is 3. The molecule has 0 aliphatic heterocycles. The molecule has 0 fully saturated rings. The van der Waals surface area contributed by atoms with Gasteiger partial charge in [-0.25, -0.2) is 4.98 Å². The number of thioether (sulfide) groups is 1. The van der Waals surface area contributed by atoms with Crippen LogP contribution < -0.4 is 5.32 Å². The lowest BCUT2D eigenvalue weighted by molar-refractivity contribution is -0.120. The SMILES string of the molecule is Cc1ccc(CNC(=O)C(C)Sc2nc3ccccc3n2C(C)C)cc1. The summed E-state index contributed by atoms with van der Waals surface area (Å²) in [6.07, 6.45) is 0. The van der Waals surface area contributed by atoms with E-state index in [9.17, 15) is 4.79 Å². The quantitative estimate of drug-likeness (QED) is 0.641. The minimum absolute atomic E-state index is 0.0259. The molecule has 1 amide bonds. The van der Waals surface area contributed by atoms with Crippen molar-refractivity contribution in [2.24, 2.45) is 0 Å². The number of nitrogens with one attached hydrogen (secondary N) is 1. The third-order valence-corrected chi connectivity index (χ3v) is 5.39. The van der Waals surface area contributed by atoms with Crippen molar-refractivity contribution in [3.8, 4) is 0 Å². The Morgan fingerprint density at radius 1 is 1.12 bits per heavy atom. The molecule has 2 aromatic carbocycles. The molecular formula is C21H25N3OS. The molecule has 0 bridgehead atoms. The molecule has 0 saturated carbocycles. The highest BCUT2D eigenvalue weighted by Gasteiger charge is 2.20. The number of hydrogen-bond donors (Lipinski definition) is 1. The number of fused-ring (bicyclic) bond motifs is 1. The van der Waals surface area contributed by atoms with Gasteiger partial charge < -0.3 is 9.88 Å². The lowest BCUT2D eigenvalue weighted by Crippen LogP contribution is -2.30. The molecule has 26 heavy (non-hydrogen) atoms. The Morgan fingerprint density at radius 2 is 1.81 bits per heavy atom. The van der Waals surface area contributed by atoms with Crippen molar-refractivity contribution in [2.75, 3.05) is 0 Å². The molecule has 0 saturated heterocycles. The van der Waals surface area contributed by atoms with Crippen molar-refractivity contribution in [1.29, 1.82) is 0 Å². The standard InChI is InChI=1S/C21H25N3OS/c1-14(2)24-19-8-6-5-7-18(19)23-21(24)26-16(4)20(25)22-13-17-11-9-15(3)10-12-17/h5-12,14,16H,13H2,1-4H3,(H,22,25). The molecule has 3 rings (SSSR count). The summed E-state index contributed by atoms with van der Waals surface area (Å²) in [5.41, 5.74) is 4.40.